The van der Waals surface area contributed by atoms with E-state index in [2.05, 4.69) is 22.6 Å². The number of para-hydroxylation sites is 1. The van der Waals surface area contributed by atoms with E-state index in [0.29, 0.717) is 0 Å². The second-order valence-electron chi connectivity index (χ2n) is 4.49. The first-order chi connectivity index (χ1) is 9.22. The van der Waals surface area contributed by atoms with Gasteiger partial charge in [0.25, 0.3) is 0 Å². The van der Waals surface area contributed by atoms with E-state index in [0.717, 1.165) is 41.3 Å². The van der Waals surface area contributed by atoms with Crippen LogP contribution in [0.1, 0.15) is 37.3 Å². The molecular weight excluding hydrogens is 238 g/mol. The largest absolute Gasteiger partial charge is 0.361 e. The zero-order valence-corrected chi connectivity index (χ0v) is 11.6. The standard InChI is InChI=1S/C15H19N3O/c1-4-8-14-15(12(3)19-18-14)11(2)16-17-13-9-6-5-7-10-13/h5-7,9-10,17H,4,8H2,1-3H3. The molecule has 0 aliphatic heterocycles. The van der Waals surface area contributed by atoms with Gasteiger partial charge in [0.15, 0.2) is 0 Å². The quantitative estimate of drug-likeness (QED) is 0.655. The molecule has 0 bridgehead atoms. The van der Waals surface area contributed by atoms with Crippen LogP contribution in [-0.2, 0) is 6.42 Å². The average molecular weight is 257 g/mol. The Bertz CT molecular complexity index is 558. The highest BCUT2D eigenvalue weighted by molar-refractivity contribution is 6.00. The fraction of sp³-hybridized carbons (Fsp3) is 0.333. The van der Waals surface area contributed by atoms with Crippen molar-refractivity contribution in [3.8, 4) is 0 Å². The Morgan fingerprint density at radius 1 is 1.32 bits per heavy atom. The maximum absolute atomic E-state index is 5.26. The number of benzene rings is 1. The van der Waals surface area contributed by atoms with E-state index in [9.17, 15) is 0 Å². The molecule has 2 aromatic rings. The van der Waals surface area contributed by atoms with E-state index < -0.39 is 0 Å². The number of rotatable bonds is 5. The summed E-state index contributed by atoms with van der Waals surface area (Å²) in [5.74, 6) is 0.819. The fourth-order valence-electron chi connectivity index (χ4n) is 2.01. The van der Waals surface area contributed by atoms with Crippen molar-refractivity contribution in [1.82, 2.24) is 5.16 Å². The summed E-state index contributed by atoms with van der Waals surface area (Å²) in [6.45, 7) is 6.01. The topological polar surface area (TPSA) is 50.4 Å². The molecule has 19 heavy (non-hydrogen) atoms. The van der Waals surface area contributed by atoms with Gasteiger partial charge in [0, 0.05) is 0 Å². The zero-order valence-electron chi connectivity index (χ0n) is 11.6. The van der Waals surface area contributed by atoms with Gasteiger partial charge in [0.2, 0.25) is 0 Å². The van der Waals surface area contributed by atoms with Crippen molar-refractivity contribution in [3.05, 3.63) is 47.3 Å². The van der Waals surface area contributed by atoms with Gasteiger partial charge >= 0.3 is 0 Å². The molecule has 0 aliphatic rings. The number of aryl methyl sites for hydroxylation is 2. The minimum atomic E-state index is 0.819. The van der Waals surface area contributed by atoms with Crippen LogP contribution in [0, 0.1) is 6.92 Å². The molecule has 2 rings (SSSR count). The Labute approximate surface area is 113 Å². The maximum atomic E-state index is 5.26. The summed E-state index contributed by atoms with van der Waals surface area (Å²) in [7, 11) is 0. The smallest absolute Gasteiger partial charge is 0.143 e. The first-order valence-corrected chi connectivity index (χ1v) is 6.53. The summed E-state index contributed by atoms with van der Waals surface area (Å²) in [6.07, 6.45) is 1.95. The molecule has 100 valence electrons. The van der Waals surface area contributed by atoms with Crippen molar-refractivity contribution in [2.45, 2.75) is 33.6 Å². The summed E-state index contributed by atoms with van der Waals surface area (Å²) in [5.41, 5.74) is 6.91. The van der Waals surface area contributed by atoms with Gasteiger partial charge in [-0.05, 0) is 32.4 Å². The van der Waals surface area contributed by atoms with Crippen LogP contribution in [-0.4, -0.2) is 10.9 Å². The van der Waals surface area contributed by atoms with Crippen molar-refractivity contribution in [2.75, 3.05) is 5.43 Å². The summed E-state index contributed by atoms with van der Waals surface area (Å²) < 4.78 is 5.26. The molecule has 4 nitrogen and oxygen atoms in total. The Kier molecular flexibility index (Phi) is 4.34. The molecule has 0 aliphatic carbocycles. The molecule has 1 aromatic carbocycles. The molecule has 0 radical (unpaired) electrons. The van der Waals surface area contributed by atoms with Crippen LogP contribution < -0.4 is 5.43 Å². The van der Waals surface area contributed by atoms with E-state index in [-0.39, 0.29) is 0 Å². The molecule has 0 unspecified atom stereocenters. The van der Waals surface area contributed by atoms with E-state index in [4.69, 9.17) is 4.52 Å². The van der Waals surface area contributed by atoms with Crippen molar-refractivity contribution in [1.29, 1.82) is 0 Å². The van der Waals surface area contributed by atoms with Crippen molar-refractivity contribution in [2.24, 2.45) is 5.10 Å². The highest BCUT2D eigenvalue weighted by atomic mass is 16.5. The first-order valence-electron chi connectivity index (χ1n) is 6.53. The molecule has 0 spiro atoms. The Morgan fingerprint density at radius 3 is 2.74 bits per heavy atom. The van der Waals surface area contributed by atoms with Gasteiger partial charge in [0.1, 0.15) is 5.76 Å². The molecule has 4 heteroatoms. The number of nitrogens with zero attached hydrogens (tertiary/aromatic N) is 2. The lowest BCUT2D eigenvalue weighted by Gasteiger charge is -2.03. The van der Waals surface area contributed by atoms with Crippen LogP contribution >= 0.6 is 0 Å². The van der Waals surface area contributed by atoms with Crippen LogP contribution in [0.2, 0.25) is 0 Å². The third-order valence-electron chi connectivity index (χ3n) is 2.91. The van der Waals surface area contributed by atoms with Crippen LogP contribution in [0.25, 0.3) is 0 Å². The minimum Gasteiger partial charge on any atom is -0.361 e. The molecule has 0 atom stereocenters. The Hall–Kier alpha value is -2.10. The number of hydrogen-bond donors (Lipinski definition) is 1. The van der Waals surface area contributed by atoms with Gasteiger partial charge in [-0.3, -0.25) is 5.43 Å². The van der Waals surface area contributed by atoms with E-state index in [1.165, 1.54) is 0 Å². The highest BCUT2D eigenvalue weighted by Gasteiger charge is 2.14. The number of nitrogens with one attached hydrogen (secondary N) is 1. The lowest BCUT2D eigenvalue weighted by molar-refractivity contribution is 0.390. The van der Waals surface area contributed by atoms with Gasteiger partial charge in [-0.2, -0.15) is 5.10 Å². The molecule has 0 amide bonds. The molecule has 1 N–H and O–H groups in total. The molecule has 0 saturated heterocycles. The van der Waals surface area contributed by atoms with Gasteiger partial charge in [0.05, 0.1) is 22.7 Å². The summed E-state index contributed by atoms with van der Waals surface area (Å²) in [4.78, 5) is 0. The Morgan fingerprint density at radius 2 is 2.05 bits per heavy atom. The zero-order chi connectivity index (χ0) is 13.7. The second-order valence-corrected chi connectivity index (χ2v) is 4.49. The number of hydrogen-bond acceptors (Lipinski definition) is 4. The SMILES string of the molecule is CCCc1noc(C)c1C(C)=NNc1ccccc1. The summed E-state index contributed by atoms with van der Waals surface area (Å²) in [6, 6.07) is 9.88. The van der Waals surface area contributed by atoms with Gasteiger partial charge in [-0.1, -0.05) is 36.7 Å². The Balaban J connectivity index is 2.19. The number of aromatic nitrogens is 1. The van der Waals surface area contributed by atoms with E-state index in [1.807, 2.05) is 44.2 Å². The first kappa shape index (κ1) is 13.3. The van der Waals surface area contributed by atoms with E-state index in [1.54, 1.807) is 0 Å². The molecule has 0 fully saturated rings. The third-order valence-corrected chi connectivity index (χ3v) is 2.91. The van der Waals surface area contributed by atoms with Crippen LogP contribution in [0.4, 0.5) is 5.69 Å². The lowest BCUT2D eigenvalue weighted by atomic mass is 10.1. The monoisotopic (exact) mass is 257 g/mol. The van der Waals surface area contributed by atoms with Crippen LogP contribution in [0.3, 0.4) is 0 Å². The van der Waals surface area contributed by atoms with Crippen molar-refractivity contribution >= 4 is 11.4 Å². The molecule has 0 saturated carbocycles. The van der Waals surface area contributed by atoms with Crippen LogP contribution in [0.15, 0.2) is 40.0 Å². The predicted molar refractivity (Wildman–Crippen MR) is 77.5 cm³/mol. The summed E-state index contributed by atoms with van der Waals surface area (Å²) >= 11 is 0. The predicted octanol–water partition coefficient (Wildman–Crippen LogP) is 3.77. The van der Waals surface area contributed by atoms with Crippen LogP contribution in [0.5, 0.6) is 0 Å². The van der Waals surface area contributed by atoms with E-state index >= 15 is 0 Å². The minimum absolute atomic E-state index is 0.819. The maximum Gasteiger partial charge on any atom is 0.143 e. The van der Waals surface area contributed by atoms with Crippen molar-refractivity contribution < 1.29 is 4.52 Å². The molecular formula is C15H19N3O. The van der Waals surface area contributed by atoms with Gasteiger partial charge in [-0.15, -0.1) is 0 Å². The highest BCUT2D eigenvalue weighted by Crippen LogP contribution is 2.16. The molecule has 1 aromatic heterocycles. The van der Waals surface area contributed by atoms with Crippen molar-refractivity contribution in [3.63, 3.8) is 0 Å². The summed E-state index contributed by atoms with van der Waals surface area (Å²) in [5, 5.41) is 8.51. The van der Waals surface area contributed by atoms with Gasteiger partial charge in [-0.25, -0.2) is 0 Å². The normalized spacial score (nSPS) is 11.6. The second kappa shape index (κ2) is 6.18. The molecule has 1 heterocycles. The average Bonchev–Trinajstić information content (AvgIpc) is 2.79. The number of anilines is 1. The van der Waals surface area contributed by atoms with Gasteiger partial charge < -0.3 is 4.52 Å². The lowest BCUT2D eigenvalue weighted by Crippen LogP contribution is -2.04. The fourth-order valence-corrected chi connectivity index (χ4v) is 2.01. The number of hydrazone groups is 1. The third kappa shape index (κ3) is 3.22.